The molecule has 2 heterocycles. The molecule has 1 aliphatic rings. The summed E-state index contributed by atoms with van der Waals surface area (Å²) >= 11 is 7.02. The lowest BCUT2D eigenvalue weighted by atomic mass is 9.95. The summed E-state index contributed by atoms with van der Waals surface area (Å²) in [5, 5.41) is 16.3. The minimum atomic E-state index is -1.15. The van der Waals surface area contributed by atoms with E-state index in [9.17, 15) is 29.1 Å². The van der Waals surface area contributed by atoms with Crippen LogP contribution < -0.4 is 16.2 Å². The number of amides is 3. The molecule has 3 amide bonds. The summed E-state index contributed by atoms with van der Waals surface area (Å²) in [5.74, 6) is -2.31. The van der Waals surface area contributed by atoms with E-state index in [1.165, 1.54) is 29.5 Å². The summed E-state index contributed by atoms with van der Waals surface area (Å²) in [4.78, 5) is 67.9. The fourth-order valence-corrected chi connectivity index (χ4v) is 6.49. The maximum atomic E-state index is 13.9. The van der Waals surface area contributed by atoms with Gasteiger partial charge in [-0.3, -0.25) is 19.2 Å². The number of nitrogens with one attached hydrogen (secondary N) is 3. The molecule has 2 aromatic carbocycles. The average molecular weight is 649 g/mol. The summed E-state index contributed by atoms with van der Waals surface area (Å²) in [7, 11) is 1.57. The first kappa shape index (κ1) is 31.9. The van der Waals surface area contributed by atoms with Gasteiger partial charge in [0.25, 0.3) is 11.8 Å². The van der Waals surface area contributed by atoms with Gasteiger partial charge in [0.1, 0.15) is 10.9 Å². The molecular weight excluding hydrogens is 616 g/mol. The van der Waals surface area contributed by atoms with Gasteiger partial charge >= 0.3 is 5.97 Å². The van der Waals surface area contributed by atoms with Crippen molar-refractivity contribution in [3.8, 4) is 0 Å². The Morgan fingerprint density at radius 1 is 0.978 bits per heavy atom. The first-order valence-corrected chi connectivity index (χ1v) is 15.9. The van der Waals surface area contributed by atoms with Crippen LogP contribution in [0.5, 0.6) is 0 Å². The largest absolute Gasteiger partial charge is 0.477 e. The molecule has 0 spiro atoms. The molecule has 12 heteroatoms. The van der Waals surface area contributed by atoms with E-state index in [1.54, 1.807) is 49.5 Å². The van der Waals surface area contributed by atoms with Crippen molar-refractivity contribution < 1.29 is 24.3 Å². The number of nitrogens with zero attached hydrogens (tertiary/aromatic N) is 1. The number of H-pyrrole nitrogens is 1. The van der Waals surface area contributed by atoms with Gasteiger partial charge in [0, 0.05) is 53.6 Å². The van der Waals surface area contributed by atoms with Crippen molar-refractivity contribution in [3.05, 3.63) is 102 Å². The molecule has 10 nitrogen and oxygen atoms in total. The number of hydrogen-bond acceptors (Lipinski definition) is 6. The lowest BCUT2D eigenvalue weighted by Crippen LogP contribution is -2.48. The molecule has 0 radical (unpaired) electrons. The van der Waals surface area contributed by atoms with Crippen LogP contribution in [0.3, 0.4) is 0 Å². The molecule has 0 unspecified atom stereocenters. The van der Waals surface area contributed by atoms with Gasteiger partial charge in [0.2, 0.25) is 11.5 Å². The summed E-state index contributed by atoms with van der Waals surface area (Å²) < 4.78 is 0. The number of aromatic nitrogens is 1. The molecule has 1 fully saturated rings. The summed E-state index contributed by atoms with van der Waals surface area (Å²) in [6, 6.07) is 15.3. The lowest BCUT2D eigenvalue weighted by Gasteiger charge is -2.25. The Balaban J connectivity index is 1.36. The fourth-order valence-electron chi connectivity index (χ4n) is 5.57. The second kappa shape index (κ2) is 14.1. The zero-order valence-electron chi connectivity index (χ0n) is 24.6. The van der Waals surface area contributed by atoms with Crippen LogP contribution in [0.4, 0.5) is 0 Å². The van der Waals surface area contributed by atoms with Gasteiger partial charge in [0.15, 0.2) is 0 Å². The number of rotatable bonds is 10. The third-order valence-corrected chi connectivity index (χ3v) is 9.22. The van der Waals surface area contributed by atoms with E-state index in [1.807, 2.05) is 0 Å². The quantitative estimate of drug-likeness (QED) is 0.190. The molecule has 1 saturated carbocycles. The Morgan fingerprint density at radius 3 is 2.38 bits per heavy atom. The molecule has 45 heavy (non-hydrogen) atoms. The number of fused-ring (bicyclic) bond motifs is 1. The van der Waals surface area contributed by atoms with Gasteiger partial charge < -0.3 is 25.6 Å². The van der Waals surface area contributed by atoms with Crippen molar-refractivity contribution in [1.82, 2.24) is 20.5 Å². The number of likely N-dealkylation sites (N-methyl/N-ethyl adjacent to an activating group) is 1. The van der Waals surface area contributed by atoms with Crippen molar-refractivity contribution in [3.63, 3.8) is 0 Å². The highest BCUT2D eigenvalue weighted by Gasteiger charge is 2.27. The molecule has 5 rings (SSSR count). The lowest BCUT2D eigenvalue weighted by molar-refractivity contribution is -0.132. The van der Waals surface area contributed by atoms with Gasteiger partial charge in [-0.2, -0.15) is 0 Å². The normalized spacial score (nSPS) is 14.1. The van der Waals surface area contributed by atoms with Crippen LogP contribution in [-0.4, -0.2) is 57.8 Å². The second-order valence-corrected chi connectivity index (χ2v) is 12.8. The number of carbonyl (C=O) groups is 4. The van der Waals surface area contributed by atoms with Crippen LogP contribution in [0, 0.1) is 0 Å². The summed E-state index contributed by atoms with van der Waals surface area (Å²) in [6.45, 7) is 0.0639. The van der Waals surface area contributed by atoms with Crippen LogP contribution in [-0.2, 0) is 17.8 Å². The first-order valence-electron chi connectivity index (χ1n) is 14.7. The Labute approximate surface area is 268 Å². The smallest absolute Gasteiger partial charge is 0.345 e. The van der Waals surface area contributed by atoms with Gasteiger partial charge in [0.05, 0.1) is 4.88 Å². The van der Waals surface area contributed by atoms with Crippen LogP contribution in [0.1, 0.15) is 72.9 Å². The monoisotopic (exact) mass is 648 g/mol. The zero-order valence-corrected chi connectivity index (χ0v) is 26.2. The number of pyridine rings is 1. The molecule has 0 aliphatic heterocycles. The Morgan fingerprint density at radius 2 is 1.69 bits per heavy atom. The fraction of sp³-hybridized carbons (Fsp3) is 0.303. The number of carboxylic acid groups (broad SMARTS) is 1. The molecule has 4 N–H and O–H groups in total. The minimum absolute atomic E-state index is 0.00192. The SMILES string of the molecule is CN(Cc1cc(=O)[nH]c2ccc(Cl)cc12)C(=O)[C@H](Cc1ccc(C(=O)NC2CCCCC2)cc1)NC(=O)c1ccc(C(=O)O)s1. The van der Waals surface area contributed by atoms with Crippen LogP contribution in [0.25, 0.3) is 10.9 Å². The molecule has 1 aliphatic carbocycles. The Bertz CT molecular complexity index is 1790. The van der Waals surface area contributed by atoms with E-state index in [4.69, 9.17) is 11.6 Å². The van der Waals surface area contributed by atoms with Gasteiger partial charge in [-0.15, -0.1) is 11.3 Å². The van der Waals surface area contributed by atoms with E-state index in [0.717, 1.165) is 37.0 Å². The van der Waals surface area contributed by atoms with Gasteiger partial charge in [-0.05, 0) is 66.4 Å². The van der Waals surface area contributed by atoms with Crippen LogP contribution >= 0.6 is 22.9 Å². The van der Waals surface area contributed by atoms with E-state index >= 15 is 0 Å². The number of aromatic amines is 1. The van der Waals surface area contributed by atoms with E-state index in [2.05, 4.69) is 15.6 Å². The minimum Gasteiger partial charge on any atom is -0.477 e. The number of carbonyl (C=O) groups excluding carboxylic acids is 3. The molecule has 1 atom stereocenters. The zero-order chi connectivity index (χ0) is 32.1. The number of carboxylic acids is 1. The highest BCUT2D eigenvalue weighted by molar-refractivity contribution is 7.15. The number of benzene rings is 2. The predicted octanol–water partition coefficient (Wildman–Crippen LogP) is 5.00. The van der Waals surface area contributed by atoms with Crippen molar-refractivity contribution >= 4 is 57.5 Å². The van der Waals surface area contributed by atoms with Crippen molar-refractivity contribution in [1.29, 1.82) is 0 Å². The highest BCUT2D eigenvalue weighted by Crippen LogP contribution is 2.22. The van der Waals surface area contributed by atoms with Crippen LogP contribution in [0.15, 0.2) is 65.5 Å². The summed E-state index contributed by atoms with van der Waals surface area (Å²) in [6.07, 6.45) is 5.45. The van der Waals surface area contributed by atoms with E-state index in [0.29, 0.717) is 32.6 Å². The Kier molecular flexibility index (Phi) is 9.99. The van der Waals surface area contributed by atoms with Crippen molar-refractivity contribution in [2.24, 2.45) is 0 Å². The highest BCUT2D eigenvalue weighted by atomic mass is 35.5. The van der Waals surface area contributed by atoms with Gasteiger partial charge in [-0.25, -0.2) is 4.79 Å². The maximum absolute atomic E-state index is 13.9. The van der Waals surface area contributed by atoms with Crippen LogP contribution in [0.2, 0.25) is 5.02 Å². The third kappa shape index (κ3) is 7.98. The number of halogens is 1. The topological polar surface area (TPSA) is 149 Å². The molecule has 0 bridgehead atoms. The molecule has 234 valence electrons. The van der Waals surface area contributed by atoms with Gasteiger partial charge in [-0.1, -0.05) is 43.0 Å². The molecular formula is C33H33ClN4O6S. The third-order valence-electron chi connectivity index (χ3n) is 7.91. The summed E-state index contributed by atoms with van der Waals surface area (Å²) in [5.41, 5.74) is 2.04. The maximum Gasteiger partial charge on any atom is 0.345 e. The average Bonchev–Trinajstić information content (AvgIpc) is 3.53. The number of aromatic carboxylic acids is 1. The van der Waals surface area contributed by atoms with E-state index < -0.39 is 23.8 Å². The second-order valence-electron chi connectivity index (χ2n) is 11.2. The van der Waals surface area contributed by atoms with Crippen molar-refractivity contribution in [2.45, 2.75) is 57.2 Å². The first-order chi connectivity index (χ1) is 21.6. The molecule has 2 aromatic heterocycles. The van der Waals surface area contributed by atoms with E-state index in [-0.39, 0.29) is 40.2 Å². The number of thiophene rings is 1. The predicted molar refractivity (Wildman–Crippen MR) is 173 cm³/mol. The number of hydrogen-bond donors (Lipinski definition) is 4. The van der Waals surface area contributed by atoms with Crippen molar-refractivity contribution in [2.75, 3.05) is 7.05 Å². The molecule has 0 saturated heterocycles. The standard InChI is InChI=1S/C33H33ClN4O6S/c1-38(18-21-16-29(39)36-25-12-11-22(34)17-24(21)25)32(42)26(37-31(41)27-13-14-28(45-27)33(43)44)15-19-7-9-20(10-8-19)30(40)35-23-5-3-2-4-6-23/h7-14,16-17,23,26H,2-6,15,18H2,1H3,(H,35,40)(H,36,39)(H,37,41)(H,43,44)/t26-/m0/s1. The molecule has 4 aromatic rings. The Hall–Kier alpha value is -4.48.